The van der Waals surface area contributed by atoms with Crippen LogP contribution >= 0.6 is 11.8 Å². The molecule has 0 aliphatic rings. The number of carbonyl (C=O) groups excluding carboxylic acids is 2. The van der Waals surface area contributed by atoms with Gasteiger partial charge >= 0.3 is 0 Å². The van der Waals surface area contributed by atoms with Crippen LogP contribution in [-0.2, 0) is 9.59 Å². The molecule has 1 atom stereocenters. The number of likely N-dealkylation sites (N-methyl/N-ethyl adjacent to an activating group) is 1. The molecule has 0 aliphatic heterocycles. The maximum atomic E-state index is 13.6. The number of hydrogen-bond acceptors (Lipinski definition) is 6. The summed E-state index contributed by atoms with van der Waals surface area (Å²) in [5, 5.41) is 8.46. The minimum absolute atomic E-state index is 0.00948. The number of halogens is 1. The highest BCUT2D eigenvalue weighted by Gasteiger charge is 2.27. The molecule has 1 unspecified atom stereocenters. The zero-order valence-corrected chi connectivity index (χ0v) is 17.2. The summed E-state index contributed by atoms with van der Waals surface area (Å²) in [7, 11) is 3.04. The Morgan fingerprint density at radius 3 is 2.63 bits per heavy atom. The lowest BCUT2D eigenvalue weighted by molar-refractivity contribution is -0.136. The number of nitrogens with two attached hydrogens (primary N) is 1. The van der Waals surface area contributed by atoms with Crippen molar-refractivity contribution in [3.63, 3.8) is 0 Å². The van der Waals surface area contributed by atoms with Gasteiger partial charge in [-0.05, 0) is 42.0 Å². The summed E-state index contributed by atoms with van der Waals surface area (Å²) in [5.74, 6) is -0.917. The van der Waals surface area contributed by atoms with Gasteiger partial charge in [-0.25, -0.2) is 4.39 Å². The monoisotopic (exact) mass is 429 g/mol. The first kappa shape index (κ1) is 21.3. The zero-order valence-electron chi connectivity index (χ0n) is 16.4. The van der Waals surface area contributed by atoms with E-state index >= 15 is 0 Å². The largest absolute Gasteiger partial charge is 0.497 e. The smallest absolute Gasteiger partial charge is 0.244 e. The van der Waals surface area contributed by atoms with Crippen LogP contribution in [0.4, 0.5) is 4.39 Å². The van der Waals surface area contributed by atoms with E-state index in [4.69, 9.17) is 10.5 Å². The van der Waals surface area contributed by atoms with Crippen molar-refractivity contribution in [3.8, 4) is 11.4 Å². The van der Waals surface area contributed by atoms with Gasteiger partial charge in [-0.3, -0.25) is 14.2 Å². The molecule has 156 valence electrons. The number of rotatable bonds is 8. The normalized spacial score (nSPS) is 11.7. The summed E-state index contributed by atoms with van der Waals surface area (Å²) in [4.78, 5) is 25.9. The molecule has 0 bridgehead atoms. The van der Waals surface area contributed by atoms with E-state index in [2.05, 4.69) is 10.2 Å². The zero-order chi connectivity index (χ0) is 21.7. The van der Waals surface area contributed by atoms with Crippen LogP contribution in [0.15, 0.2) is 60.0 Å². The predicted molar refractivity (Wildman–Crippen MR) is 110 cm³/mol. The molecule has 0 aliphatic carbocycles. The Bertz CT molecular complexity index is 1040. The molecular weight excluding hydrogens is 409 g/mol. The fourth-order valence-corrected chi connectivity index (χ4v) is 3.72. The molecule has 30 heavy (non-hydrogen) atoms. The lowest BCUT2D eigenvalue weighted by Crippen LogP contribution is -2.40. The summed E-state index contributed by atoms with van der Waals surface area (Å²) < 4.78 is 20.4. The van der Waals surface area contributed by atoms with Crippen molar-refractivity contribution >= 4 is 23.6 Å². The average molecular weight is 429 g/mol. The second-order valence-corrected chi connectivity index (χ2v) is 7.28. The van der Waals surface area contributed by atoms with E-state index < -0.39 is 17.8 Å². The standard InChI is InChI=1S/C20H20FN5O3S/c1-25(18(19(22)28)13-4-3-5-14(21)10-13)17(27)11-30-20-24-23-12-26(20)15-6-8-16(29-2)9-7-15/h3-10,12,18H,11H2,1-2H3,(H2,22,28). The minimum atomic E-state index is -1.08. The molecule has 2 N–H and O–H groups in total. The average Bonchev–Trinajstić information content (AvgIpc) is 3.20. The third kappa shape index (κ3) is 4.77. The van der Waals surface area contributed by atoms with E-state index in [0.717, 1.165) is 17.4 Å². The number of ether oxygens (including phenoxy) is 1. The predicted octanol–water partition coefficient (Wildman–Crippen LogP) is 2.19. The minimum Gasteiger partial charge on any atom is -0.497 e. The van der Waals surface area contributed by atoms with Gasteiger partial charge in [0.15, 0.2) is 5.16 Å². The summed E-state index contributed by atoms with van der Waals surface area (Å²) in [6.45, 7) is 0. The quantitative estimate of drug-likeness (QED) is 0.551. The van der Waals surface area contributed by atoms with Crippen LogP contribution in [0.5, 0.6) is 5.75 Å². The van der Waals surface area contributed by atoms with E-state index in [9.17, 15) is 14.0 Å². The Morgan fingerprint density at radius 1 is 1.27 bits per heavy atom. The SMILES string of the molecule is COc1ccc(-n2cnnc2SCC(=O)N(C)C(C(N)=O)c2cccc(F)c2)cc1. The maximum absolute atomic E-state index is 13.6. The molecule has 2 amide bonds. The first-order valence-corrected chi connectivity index (χ1v) is 9.87. The Balaban J connectivity index is 1.72. The van der Waals surface area contributed by atoms with Gasteiger partial charge in [0.1, 0.15) is 23.9 Å². The van der Waals surface area contributed by atoms with Crippen molar-refractivity contribution < 1.29 is 18.7 Å². The van der Waals surface area contributed by atoms with Crippen LogP contribution in [-0.4, -0.2) is 51.4 Å². The van der Waals surface area contributed by atoms with Crippen LogP contribution in [0.3, 0.4) is 0 Å². The Morgan fingerprint density at radius 2 is 2.00 bits per heavy atom. The van der Waals surface area contributed by atoms with Crippen LogP contribution in [0.2, 0.25) is 0 Å². The lowest BCUT2D eigenvalue weighted by Gasteiger charge is -2.26. The van der Waals surface area contributed by atoms with Crippen molar-refractivity contribution in [1.29, 1.82) is 0 Å². The maximum Gasteiger partial charge on any atom is 0.244 e. The second kappa shape index (κ2) is 9.40. The number of thioether (sulfide) groups is 1. The molecule has 10 heteroatoms. The van der Waals surface area contributed by atoms with Gasteiger partial charge in [-0.1, -0.05) is 23.9 Å². The molecule has 1 aromatic heterocycles. The van der Waals surface area contributed by atoms with Gasteiger partial charge in [0.25, 0.3) is 0 Å². The van der Waals surface area contributed by atoms with E-state index in [1.54, 1.807) is 29.9 Å². The topological polar surface area (TPSA) is 103 Å². The Labute approximate surface area is 176 Å². The molecule has 0 spiro atoms. The number of carbonyl (C=O) groups is 2. The number of primary amides is 1. The van der Waals surface area contributed by atoms with Crippen molar-refractivity contribution in [2.24, 2.45) is 5.73 Å². The number of methoxy groups -OCH3 is 1. The number of nitrogens with zero attached hydrogens (tertiary/aromatic N) is 4. The molecule has 3 rings (SSSR count). The second-order valence-electron chi connectivity index (χ2n) is 6.33. The van der Waals surface area contributed by atoms with E-state index in [-0.39, 0.29) is 11.7 Å². The number of aromatic nitrogens is 3. The van der Waals surface area contributed by atoms with Crippen LogP contribution in [0.25, 0.3) is 5.69 Å². The van der Waals surface area contributed by atoms with Crippen LogP contribution in [0.1, 0.15) is 11.6 Å². The summed E-state index contributed by atoms with van der Waals surface area (Å²) in [6.07, 6.45) is 1.54. The van der Waals surface area contributed by atoms with Crippen LogP contribution < -0.4 is 10.5 Å². The fraction of sp³-hybridized carbons (Fsp3) is 0.200. The fourth-order valence-electron chi connectivity index (χ4n) is 2.87. The Kier molecular flexibility index (Phi) is 6.68. The van der Waals surface area contributed by atoms with E-state index in [1.165, 1.54) is 36.5 Å². The highest BCUT2D eigenvalue weighted by Crippen LogP contribution is 2.24. The molecule has 0 saturated carbocycles. The van der Waals surface area contributed by atoms with Gasteiger partial charge in [0.05, 0.1) is 12.9 Å². The summed E-state index contributed by atoms with van der Waals surface area (Å²) in [5.41, 5.74) is 6.59. The molecule has 0 fully saturated rings. The van der Waals surface area contributed by atoms with Gasteiger partial charge in [0, 0.05) is 12.7 Å². The highest BCUT2D eigenvalue weighted by atomic mass is 32.2. The summed E-state index contributed by atoms with van der Waals surface area (Å²) in [6, 6.07) is 11.7. The molecule has 0 radical (unpaired) electrons. The molecular formula is C20H20FN5O3S. The molecule has 2 aromatic carbocycles. The third-order valence-electron chi connectivity index (χ3n) is 4.41. The van der Waals surface area contributed by atoms with Gasteiger partial charge < -0.3 is 15.4 Å². The number of benzene rings is 2. The van der Waals surface area contributed by atoms with Crippen molar-refractivity contribution in [1.82, 2.24) is 19.7 Å². The molecule has 8 nitrogen and oxygen atoms in total. The molecule has 0 saturated heterocycles. The number of amides is 2. The Hall–Kier alpha value is -3.40. The van der Waals surface area contributed by atoms with E-state index in [0.29, 0.717) is 16.5 Å². The van der Waals surface area contributed by atoms with Crippen molar-refractivity contribution in [2.45, 2.75) is 11.2 Å². The first-order chi connectivity index (χ1) is 14.4. The van der Waals surface area contributed by atoms with Crippen molar-refractivity contribution in [2.75, 3.05) is 19.9 Å². The molecule has 1 heterocycles. The van der Waals surface area contributed by atoms with Gasteiger partial charge in [-0.2, -0.15) is 0 Å². The highest BCUT2D eigenvalue weighted by molar-refractivity contribution is 7.99. The lowest BCUT2D eigenvalue weighted by atomic mass is 10.0. The van der Waals surface area contributed by atoms with Crippen molar-refractivity contribution in [3.05, 3.63) is 66.2 Å². The third-order valence-corrected chi connectivity index (χ3v) is 5.33. The van der Waals surface area contributed by atoms with Gasteiger partial charge in [-0.15, -0.1) is 10.2 Å². The molecule has 3 aromatic rings. The number of hydrogen-bond donors (Lipinski definition) is 1. The first-order valence-electron chi connectivity index (χ1n) is 8.88. The summed E-state index contributed by atoms with van der Waals surface area (Å²) >= 11 is 1.16. The van der Waals surface area contributed by atoms with E-state index in [1.807, 2.05) is 12.1 Å². The van der Waals surface area contributed by atoms with Crippen LogP contribution in [0, 0.1) is 5.82 Å². The van der Waals surface area contributed by atoms with Gasteiger partial charge in [0.2, 0.25) is 11.8 Å².